The van der Waals surface area contributed by atoms with Gasteiger partial charge in [0, 0.05) is 19.2 Å². The lowest BCUT2D eigenvalue weighted by atomic mass is 10.0. The minimum Gasteiger partial charge on any atom is -0.383 e. The molecule has 4 heteroatoms. The molecule has 1 aromatic rings. The SMILES string of the molecule is CCC(CC)Cn1ncc(NCC(C)C)cc1=O. The molecule has 1 aromatic heterocycles. The molecule has 0 fully saturated rings. The van der Waals surface area contributed by atoms with Crippen molar-refractivity contribution < 1.29 is 0 Å². The summed E-state index contributed by atoms with van der Waals surface area (Å²) in [7, 11) is 0. The van der Waals surface area contributed by atoms with Crippen LogP contribution in [-0.4, -0.2) is 16.3 Å². The zero-order valence-electron chi connectivity index (χ0n) is 11.9. The molecular weight excluding hydrogens is 226 g/mol. The number of aromatic nitrogens is 2. The largest absolute Gasteiger partial charge is 0.383 e. The van der Waals surface area contributed by atoms with E-state index in [2.05, 4.69) is 38.1 Å². The molecular formula is C14H25N3O. The molecule has 0 unspecified atom stereocenters. The van der Waals surface area contributed by atoms with E-state index in [1.165, 1.54) is 0 Å². The third-order valence-corrected chi connectivity index (χ3v) is 3.17. The lowest BCUT2D eigenvalue weighted by Gasteiger charge is -2.14. The first kappa shape index (κ1) is 14.7. The quantitative estimate of drug-likeness (QED) is 0.810. The summed E-state index contributed by atoms with van der Waals surface area (Å²) in [5, 5.41) is 7.45. The Bertz CT molecular complexity index is 408. The van der Waals surface area contributed by atoms with Gasteiger partial charge in [0.2, 0.25) is 0 Å². The summed E-state index contributed by atoms with van der Waals surface area (Å²) >= 11 is 0. The first-order valence-corrected chi connectivity index (χ1v) is 6.87. The van der Waals surface area contributed by atoms with Crippen molar-refractivity contribution in [2.45, 2.75) is 47.1 Å². The van der Waals surface area contributed by atoms with E-state index in [-0.39, 0.29) is 5.56 Å². The van der Waals surface area contributed by atoms with E-state index in [0.717, 1.165) is 31.6 Å². The van der Waals surface area contributed by atoms with Gasteiger partial charge in [-0.1, -0.05) is 40.5 Å². The van der Waals surface area contributed by atoms with Gasteiger partial charge in [0.05, 0.1) is 11.9 Å². The molecule has 102 valence electrons. The Hall–Kier alpha value is -1.32. The zero-order valence-corrected chi connectivity index (χ0v) is 11.9. The van der Waals surface area contributed by atoms with Crippen molar-refractivity contribution in [2.24, 2.45) is 11.8 Å². The zero-order chi connectivity index (χ0) is 13.5. The standard InChI is InChI=1S/C14H25N3O/c1-5-12(6-2)10-17-14(18)7-13(9-16-17)15-8-11(3)4/h7,9,11-12,15H,5-6,8,10H2,1-4H3. The maximum Gasteiger partial charge on any atom is 0.268 e. The molecule has 0 aliphatic heterocycles. The topological polar surface area (TPSA) is 46.9 Å². The molecule has 1 heterocycles. The number of nitrogens with one attached hydrogen (secondary N) is 1. The fourth-order valence-corrected chi connectivity index (χ4v) is 1.78. The van der Waals surface area contributed by atoms with E-state index in [9.17, 15) is 4.79 Å². The van der Waals surface area contributed by atoms with Gasteiger partial charge in [-0.2, -0.15) is 5.10 Å². The Balaban J connectivity index is 2.70. The van der Waals surface area contributed by atoms with Gasteiger partial charge in [-0.05, 0) is 11.8 Å². The average molecular weight is 251 g/mol. The van der Waals surface area contributed by atoms with Gasteiger partial charge in [0.1, 0.15) is 0 Å². The molecule has 0 aliphatic rings. The summed E-state index contributed by atoms with van der Waals surface area (Å²) in [6.45, 7) is 10.1. The van der Waals surface area contributed by atoms with Crippen molar-refractivity contribution in [3.8, 4) is 0 Å². The summed E-state index contributed by atoms with van der Waals surface area (Å²) in [6.07, 6.45) is 3.90. The lowest BCUT2D eigenvalue weighted by Crippen LogP contribution is -2.26. The van der Waals surface area contributed by atoms with Gasteiger partial charge >= 0.3 is 0 Å². The molecule has 0 aromatic carbocycles. The average Bonchev–Trinajstić information content (AvgIpc) is 2.35. The van der Waals surface area contributed by atoms with Crippen LogP contribution in [-0.2, 0) is 6.54 Å². The molecule has 0 radical (unpaired) electrons. The Labute approximate surface area is 109 Å². The predicted octanol–water partition coefficient (Wildman–Crippen LogP) is 2.75. The molecule has 18 heavy (non-hydrogen) atoms. The highest BCUT2D eigenvalue weighted by Gasteiger charge is 2.07. The summed E-state index contributed by atoms with van der Waals surface area (Å²) in [5.41, 5.74) is 0.796. The maximum atomic E-state index is 11.9. The van der Waals surface area contributed by atoms with E-state index < -0.39 is 0 Å². The third kappa shape index (κ3) is 4.51. The third-order valence-electron chi connectivity index (χ3n) is 3.17. The Morgan fingerprint density at radius 2 is 2.00 bits per heavy atom. The molecule has 0 spiro atoms. The first-order chi connectivity index (χ1) is 8.56. The molecule has 0 aliphatic carbocycles. The van der Waals surface area contributed by atoms with Crippen LogP contribution in [0.15, 0.2) is 17.1 Å². The van der Waals surface area contributed by atoms with Gasteiger partial charge in [0.15, 0.2) is 0 Å². The van der Waals surface area contributed by atoms with Crippen LogP contribution in [0.5, 0.6) is 0 Å². The predicted molar refractivity (Wildman–Crippen MR) is 75.9 cm³/mol. The van der Waals surface area contributed by atoms with Crippen LogP contribution in [0.1, 0.15) is 40.5 Å². The van der Waals surface area contributed by atoms with E-state index in [4.69, 9.17) is 0 Å². The minimum absolute atomic E-state index is 0.0179. The molecule has 0 saturated heterocycles. The highest BCUT2D eigenvalue weighted by molar-refractivity contribution is 5.38. The van der Waals surface area contributed by atoms with Crippen molar-refractivity contribution in [2.75, 3.05) is 11.9 Å². The molecule has 1 rings (SSSR count). The van der Waals surface area contributed by atoms with Crippen LogP contribution in [0.2, 0.25) is 0 Å². The second-order valence-corrected chi connectivity index (χ2v) is 5.22. The maximum absolute atomic E-state index is 11.9. The smallest absolute Gasteiger partial charge is 0.268 e. The van der Waals surface area contributed by atoms with E-state index in [1.807, 2.05) is 0 Å². The van der Waals surface area contributed by atoms with Crippen LogP contribution in [0.4, 0.5) is 5.69 Å². The fraction of sp³-hybridized carbons (Fsp3) is 0.714. The highest BCUT2D eigenvalue weighted by Crippen LogP contribution is 2.09. The number of hydrogen-bond acceptors (Lipinski definition) is 3. The minimum atomic E-state index is -0.0179. The normalized spacial score (nSPS) is 11.2. The highest BCUT2D eigenvalue weighted by atomic mass is 16.1. The monoisotopic (exact) mass is 251 g/mol. The van der Waals surface area contributed by atoms with Crippen molar-refractivity contribution in [1.82, 2.24) is 9.78 Å². The van der Waals surface area contributed by atoms with E-state index >= 15 is 0 Å². The van der Waals surface area contributed by atoms with E-state index in [0.29, 0.717) is 11.8 Å². The second-order valence-electron chi connectivity index (χ2n) is 5.22. The molecule has 0 bridgehead atoms. The van der Waals surface area contributed by atoms with Gasteiger partial charge in [0.25, 0.3) is 5.56 Å². The van der Waals surface area contributed by atoms with Crippen LogP contribution in [0, 0.1) is 11.8 Å². The van der Waals surface area contributed by atoms with Gasteiger partial charge in [-0.15, -0.1) is 0 Å². The Morgan fingerprint density at radius 1 is 1.33 bits per heavy atom. The van der Waals surface area contributed by atoms with Crippen LogP contribution >= 0.6 is 0 Å². The number of nitrogens with zero attached hydrogens (tertiary/aromatic N) is 2. The second kappa shape index (κ2) is 7.19. The van der Waals surface area contributed by atoms with Crippen LogP contribution in [0.25, 0.3) is 0 Å². The molecule has 0 atom stereocenters. The lowest BCUT2D eigenvalue weighted by molar-refractivity contribution is 0.385. The molecule has 4 nitrogen and oxygen atoms in total. The number of rotatable bonds is 7. The van der Waals surface area contributed by atoms with Crippen molar-refractivity contribution >= 4 is 5.69 Å². The summed E-state index contributed by atoms with van der Waals surface area (Å²) in [4.78, 5) is 11.9. The first-order valence-electron chi connectivity index (χ1n) is 6.87. The summed E-state index contributed by atoms with van der Waals surface area (Å²) in [5.74, 6) is 1.08. The Morgan fingerprint density at radius 3 is 2.50 bits per heavy atom. The van der Waals surface area contributed by atoms with E-state index in [1.54, 1.807) is 16.9 Å². The summed E-state index contributed by atoms with van der Waals surface area (Å²) < 4.78 is 1.57. The van der Waals surface area contributed by atoms with Gasteiger partial charge in [-0.3, -0.25) is 4.79 Å². The molecule has 0 saturated carbocycles. The van der Waals surface area contributed by atoms with Crippen LogP contribution in [0.3, 0.4) is 0 Å². The Kier molecular flexibility index (Phi) is 5.89. The van der Waals surface area contributed by atoms with Gasteiger partial charge < -0.3 is 5.32 Å². The van der Waals surface area contributed by atoms with Crippen LogP contribution < -0.4 is 10.9 Å². The van der Waals surface area contributed by atoms with Crippen molar-refractivity contribution in [3.05, 3.63) is 22.6 Å². The van der Waals surface area contributed by atoms with Crippen molar-refractivity contribution in [1.29, 1.82) is 0 Å². The van der Waals surface area contributed by atoms with Crippen molar-refractivity contribution in [3.63, 3.8) is 0 Å². The number of anilines is 1. The number of hydrogen-bond donors (Lipinski definition) is 1. The fourth-order valence-electron chi connectivity index (χ4n) is 1.78. The van der Waals surface area contributed by atoms with Gasteiger partial charge in [-0.25, -0.2) is 4.68 Å². The molecule has 1 N–H and O–H groups in total. The molecule has 0 amide bonds. The summed E-state index contributed by atoms with van der Waals surface area (Å²) in [6, 6.07) is 1.64.